The van der Waals surface area contributed by atoms with Gasteiger partial charge in [-0.05, 0) is 50.1 Å². The number of methoxy groups -OCH3 is 2. The summed E-state index contributed by atoms with van der Waals surface area (Å²) >= 11 is 1.56. The summed E-state index contributed by atoms with van der Waals surface area (Å²) in [5.41, 5.74) is 1.63. The molecule has 1 heterocycles. The molecule has 1 aromatic carbocycles. The lowest BCUT2D eigenvalue weighted by Gasteiger charge is -2.31. The predicted molar refractivity (Wildman–Crippen MR) is 138 cm³/mol. The van der Waals surface area contributed by atoms with Crippen molar-refractivity contribution in [1.29, 1.82) is 0 Å². The Morgan fingerprint density at radius 1 is 0.914 bits per heavy atom. The third-order valence-electron chi connectivity index (χ3n) is 7.42. The smallest absolute Gasteiger partial charge is 0.340 e. The summed E-state index contributed by atoms with van der Waals surface area (Å²) in [5.74, 6) is 0.525. The minimum Gasteiger partial charge on any atom is -0.493 e. The van der Waals surface area contributed by atoms with Gasteiger partial charge in [0.15, 0.2) is 11.5 Å². The fraction of sp³-hybridized carbons (Fsp3) is 0.630. The van der Waals surface area contributed by atoms with Gasteiger partial charge in [0.25, 0.3) is 0 Å². The maximum atomic E-state index is 13.6. The van der Waals surface area contributed by atoms with E-state index in [1.54, 1.807) is 32.5 Å². The van der Waals surface area contributed by atoms with E-state index in [1.807, 2.05) is 18.2 Å². The van der Waals surface area contributed by atoms with Crippen LogP contribution in [-0.2, 0) is 20.8 Å². The molecule has 0 aliphatic heterocycles. The number of hydrogen-bond acceptors (Lipinski definition) is 7. The van der Waals surface area contributed by atoms with E-state index < -0.39 is 11.4 Å². The van der Waals surface area contributed by atoms with Crippen LogP contribution in [0.2, 0.25) is 0 Å². The van der Waals surface area contributed by atoms with E-state index in [1.165, 1.54) is 12.8 Å². The minimum absolute atomic E-state index is 0.116. The first-order valence-electron chi connectivity index (χ1n) is 12.8. The van der Waals surface area contributed by atoms with Crippen LogP contribution in [-0.4, -0.2) is 38.2 Å². The number of hydroxylamine groups is 1. The summed E-state index contributed by atoms with van der Waals surface area (Å²) in [4.78, 5) is 33.5. The summed E-state index contributed by atoms with van der Waals surface area (Å²) in [6.45, 7) is 1.71. The summed E-state index contributed by atoms with van der Waals surface area (Å²) in [6.07, 6.45) is 11.0. The molecular weight excluding hydrogens is 464 g/mol. The Hall–Kier alpha value is -2.32. The molecule has 2 fully saturated rings. The molecule has 2 aliphatic rings. The molecule has 0 bridgehead atoms. The molecule has 4 rings (SSSR count). The lowest BCUT2D eigenvalue weighted by Crippen LogP contribution is -2.51. The molecule has 1 aromatic heterocycles. The summed E-state index contributed by atoms with van der Waals surface area (Å²) in [6, 6.07) is 6.16. The Labute approximate surface area is 211 Å². The Bertz CT molecular complexity index is 985. The standard InChI is InChI=1S/C27H38N2O5S/c1-27(25(30)28-19-10-6-4-7-11-19,26(31)34-29-20-12-8-5-9-13-20)17-21-14-18-15-22(32-2)23(33-3)16-24(18)35-21/h14-16,19-20,29H,4-13,17H2,1-3H3,(H,28,30). The van der Waals surface area contributed by atoms with Crippen molar-refractivity contribution in [3.8, 4) is 11.5 Å². The molecular formula is C27H38N2O5S. The van der Waals surface area contributed by atoms with E-state index in [0.717, 1.165) is 66.3 Å². The quantitative estimate of drug-likeness (QED) is 0.358. The predicted octanol–water partition coefficient (Wildman–Crippen LogP) is 5.30. The van der Waals surface area contributed by atoms with Gasteiger partial charge in [0.05, 0.1) is 14.2 Å². The maximum Gasteiger partial charge on any atom is 0.340 e. The highest BCUT2D eigenvalue weighted by molar-refractivity contribution is 7.19. The van der Waals surface area contributed by atoms with E-state index >= 15 is 0 Å². The SMILES string of the molecule is COc1cc2cc(CC(C)(C(=O)NC3CCCCC3)C(=O)ONC3CCCCC3)sc2cc1OC. The van der Waals surface area contributed by atoms with Crippen LogP contribution in [0, 0.1) is 5.41 Å². The molecule has 7 nitrogen and oxygen atoms in total. The number of ether oxygens (including phenoxy) is 2. The van der Waals surface area contributed by atoms with Gasteiger partial charge in [-0.3, -0.25) is 4.79 Å². The Kier molecular flexibility index (Phi) is 8.55. The fourth-order valence-electron chi connectivity index (χ4n) is 5.16. The number of thiophene rings is 1. The van der Waals surface area contributed by atoms with Crippen LogP contribution in [0.4, 0.5) is 0 Å². The minimum atomic E-state index is -1.34. The van der Waals surface area contributed by atoms with Crippen LogP contribution in [0.5, 0.6) is 11.5 Å². The van der Waals surface area contributed by atoms with Crippen molar-refractivity contribution in [2.75, 3.05) is 14.2 Å². The number of nitrogens with one attached hydrogen (secondary N) is 2. The molecule has 0 radical (unpaired) electrons. The van der Waals surface area contributed by atoms with E-state index in [4.69, 9.17) is 14.3 Å². The zero-order chi connectivity index (χ0) is 24.8. The van der Waals surface area contributed by atoms with Gasteiger partial charge >= 0.3 is 5.97 Å². The van der Waals surface area contributed by atoms with Crippen molar-refractivity contribution in [1.82, 2.24) is 10.8 Å². The number of benzene rings is 1. The normalized spacial score (nSPS) is 19.2. The zero-order valence-corrected chi connectivity index (χ0v) is 21.9. The molecule has 2 aromatic rings. The Morgan fingerprint density at radius 3 is 2.14 bits per heavy atom. The number of hydrogen-bond donors (Lipinski definition) is 2. The van der Waals surface area contributed by atoms with E-state index in [9.17, 15) is 9.59 Å². The maximum absolute atomic E-state index is 13.6. The van der Waals surface area contributed by atoms with Gasteiger partial charge in [0.2, 0.25) is 5.91 Å². The monoisotopic (exact) mass is 502 g/mol. The largest absolute Gasteiger partial charge is 0.493 e. The first kappa shape index (κ1) is 25.8. The van der Waals surface area contributed by atoms with Crippen LogP contribution >= 0.6 is 11.3 Å². The fourth-order valence-corrected chi connectivity index (χ4v) is 6.39. The molecule has 0 saturated heterocycles. The second-order valence-electron chi connectivity index (χ2n) is 10.1. The van der Waals surface area contributed by atoms with Gasteiger partial charge < -0.3 is 19.6 Å². The lowest BCUT2D eigenvalue weighted by molar-refractivity contribution is -0.169. The number of rotatable bonds is 9. The van der Waals surface area contributed by atoms with Crippen molar-refractivity contribution in [3.05, 3.63) is 23.1 Å². The highest BCUT2D eigenvalue weighted by Crippen LogP contribution is 2.38. The molecule has 1 atom stereocenters. The molecule has 2 saturated carbocycles. The summed E-state index contributed by atoms with van der Waals surface area (Å²) in [5, 5.41) is 4.16. The lowest BCUT2D eigenvalue weighted by atomic mass is 9.84. The highest BCUT2D eigenvalue weighted by Gasteiger charge is 2.44. The van der Waals surface area contributed by atoms with E-state index in [2.05, 4.69) is 10.8 Å². The molecule has 1 unspecified atom stereocenters. The molecule has 2 aliphatic carbocycles. The van der Waals surface area contributed by atoms with Gasteiger partial charge in [-0.1, -0.05) is 38.5 Å². The van der Waals surface area contributed by atoms with Crippen LogP contribution in [0.15, 0.2) is 18.2 Å². The number of fused-ring (bicyclic) bond motifs is 1. The van der Waals surface area contributed by atoms with Crippen LogP contribution in [0.1, 0.15) is 76.0 Å². The Morgan fingerprint density at radius 2 is 1.51 bits per heavy atom. The van der Waals surface area contributed by atoms with Crippen molar-refractivity contribution in [3.63, 3.8) is 0 Å². The third-order valence-corrected chi connectivity index (χ3v) is 8.51. The number of amides is 1. The summed E-state index contributed by atoms with van der Waals surface area (Å²) < 4.78 is 11.9. The number of carbonyl (C=O) groups is 2. The van der Waals surface area contributed by atoms with Crippen molar-refractivity contribution in [2.45, 2.75) is 89.6 Å². The van der Waals surface area contributed by atoms with Crippen molar-refractivity contribution < 1.29 is 23.9 Å². The average molecular weight is 503 g/mol. The first-order chi connectivity index (χ1) is 16.9. The van der Waals surface area contributed by atoms with Crippen LogP contribution in [0.25, 0.3) is 10.1 Å². The third kappa shape index (κ3) is 6.09. The molecule has 2 N–H and O–H groups in total. The first-order valence-corrected chi connectivity index (χ1v) is 13.7. The van der Waals surface area contributed by atoms with Crippen molar-refractivity contribution in [2.24, 2.45) is 5.41 Å². The average Bonchev–Trinajstić information content (AvgIpc) is 3.28. The van der Waals surface area contributed by atoms with E-state index in [0.29, 0.717) is 11.5 Å². The topological polar surface area (TPSA) is 85.9 Å². The molecule has 0 spiro atoms. The van der Waals surface area contributed by atoms with Crippen LogP contribution < -0.4 is 20.3 Å². The van der Waals surface area contributed by atoms with Crippen LogP contribution in [0.3, 0.4) is 0 Å². The van der Waals surface area contributed by atoms with Gasteiger partial charge in [0, 0.05) is 34.1 Å². The van der Waals surface area contributed by atoms with Gasteiger partial charge in [0.1, 0.15) is 5.41 Å². The molecule has 1 amide bonds. The number of carbonyl (C=O) groups excluding carboxylic acids is 2. The molecule has 35 heavy (non-hydrogen) atoms. The second-order valence-corrected chi connectivity index (χ2v) is 11.3. The Balaban J connectivity index is 1.56. The highest BCUT2D eigenvalue weighted by atomic mass is 32.1. The molecule has 192 valence electrons. The zero-order valence-electron chi connectivity index (χ0n) is 21.1. The van der Waals surface area contributed by atoms with E-state index in [-0.39, 0.29) is 24.4 Å². The van der Waals surface area contributed by atoms with Gasteiger partial charge in [-0.25, -0.2) is 4.79 Å². The molecule has 8 heteroatoms. The van der Waals surface area contributed by atoms with Gasteiger partial charge in [-0.15, -0.1) is 16.8 Å². The van der Waals surface area contributed by atoms with Crippen molar-refractivity contribution >= 4 is 33.3 Å². The summed E-state index contributed by atoms with van der Waals surface area (Å²) in [7, 11) is 3.22. The second kappa shape index (κ2) is 11.6. The van der Waals surface area contributed by atoms with Gasteiger partial charge in [-0.2, -0.15) is 0 Å².